The first-order valence-corrected chi connectivity index (χ1v) is 7.46. The Kier molecular flexibility index (Phi) is 4.24. The molecule has 3 rings (SSSR count). The van der Waals surface area contributed by atoms with E-state index in [1.807, 2.05) is 12.1 Å². The van der Waals surface area contributed by atoms with E-state index in [1.165, 1.54) is 11.1 Å². The van der Waals surface area contributed by atoms with E-state index in [1.54, 1.807) is 37.5 Å². The molecule has 0 bridgehead atoms. The second-order valence-corrected chi connectivity index (χ2v) is 5.48. The van der Waals surface area contributed by atoms with E-state index < -0.39 is 0 Å². The minimum absolute atomic E-state index is 0.0858. The molecule has 2 amide bonds. The molecule has 1 unspecified atom stereocenters. The first-order chi connectivity index (χ1) is 11.5. The second-order valence-electron chi connectivity index (χ2n) is 5.48. The van der Waals surface area contributed by atoms with Gasteiger partial charge < -0.3 is 11.1 Å². The zero-order chi connectivity index (χ0) is 17.1. The van der Waals surface area contributed by atoms with E-state index in [0.717, 1.165) is 5.56 Å². The summed E-state index contributed by atoms with van der Waals surface area (Å²) in [5.74, 6) is -0.138. The fourth-order valence-electron chi connectivity index (χ4n) is 2.44. The molecule has 1 aromatic carbocycles. The number of benzene rings is 1. The molecule has 2 aromatic rings. The van der Waals surface area contributed by atoms with E-state index in [4.69, 9.17) is 5.73 Å². The summed E-state index contributed by atoms with van der Waals surface area (Å²) in [4.78, 5) is 33.7. The Morgan fingerprint density at radius 1 is 1.33 bits per heavy atom. The van der Waals surface area contributed by atoms with Crippen molar-refractivity contribution in [3.8, 4) is 0 Å². The van der Waals surface area contributed by atoms with Crippen LogP contribution >= 0.6 is 0 Å². The van der Waals surface area contributed by atoms with Crippen LogP contribution in [0.25, 0.3) is 0 Å². The fourth-order valence-corrected chi connectivity index (χ4v) is 2.44. The molecular weight excluding hydrogens is 306 g/mol. The number of amides is 2. The Labute approximate surface area is 139 Å². The number of hydrogen-bond donors (Lipinski definition) is 2. The summed E-state index contributed by atoms with van der Waals surface area (Å²) in [6.45, 7) is 0. The minimum atomic E-state index is -0.344. The lowest BCUT2D eigenvalue weighted by atomic mass is 10.0. The highest BCUT2D eigenvalue weighted by Gasteiger charge is 2.25. The van der Waals surface area contributed by atoms with Gasteiger partial charge in [0.05, 0.1) is 18.0 Å². The van der Waals surface area contributed by atoms with Gasteiger partial charge in [-0.15, -0.1) is 0 Å². The third kappa shape index (κ3) is 3.24. The number of carbonyl (C=O) groups excluding carboxylic acids is 2. The lowest BCUT2D eigenvalue weighted by molar-refractivity contribution is -0.127. The summed E-state index contributed by atoms with van der Waals surface area (Å²) >= 11 is 0. The monoisotopic (exact) mass is 323 g/mol. The van der Waals surface area contributed by atoms with E-state index in [2.05, 4.69) is 15.3 Å². The number of nitrogens with one attached hydrogen (secondary N) is 1. The van der Waals surface area contributed by atoms with Crippen LogP contribution in [0.2, 0.25) is 0 Å². The summed E-state index contributed by atoms with van der Waals surface area (Å²) in [6, 6.07) is 10.3. The Morgan fingerprint density at radius 3 is 2.88 bits per heavy atom. The fraction of sp³-hybridized carbons (Fsp3) is 0.176. The summed E-state index contributed by atoms with van der Waals surface area (Å²) in [7, 11) is 1.60. The highest BCUT2D eigenvalue weighted by atomic mass is 16.2. The molecule has 0 radical (unpaired) electrons. The molecule has 1 aromatic heterocycles. The van der Waals surface area contributed by atoms with Gasteiger partial charge in [-0.1, -0.05) is 12.1 Å². The van der Waals surface area contributed by atoms with Crippen LogP contribution in [0.1, 0.15) is 28.4 Å². The van der Waals surface area contributed by atoms with Crippen LogP contribution in [0.4, 0.5) is 5.69 Å². The van der Waals surface area contributed by atoms with Crippen molar-refractivity contribution in [2.24, 2.45) is 10.7 Å². The normalized spacial score (nSPS) is 17.4. The molecule has 0 spiro atoms. The molecule has 0 fully saturated rings. The maximum Gasteiger partial charge on any atom is 0.257 e. The lowest BCUT2D eigenvalue weighted by Crippen LogP contribution is -2.42. The van der Waals surface area contributed by atoms with E-state index in [0.29, 0.717) is 11.3 Å². The molecule has 2 heterocycles. The third-order valence-corrected chi connectivity index (χ3v) is 3.83. The molecule has 7 nitrogen and oxygen atoms in total. The van der Waals surface area contributed by atoms with Crippen molar-refractivity contribution in [2.45, 2.75) is 12.5 Å². The zero-order valence-corrected chi connectivity index (χ0v) is 13.1. The van der Waals surface area contributed by atoms with Gasteiger partial charge in [0.25, 0.3) is 5.91 Å². The maximum absolute atomic E-state index is 12.2. The molecule has 24 heavy (non-hydrogen) atoms. The number of nitrogens with zero attached hydrogens (tertiary/aromatic N) is 3. The van der Waals surface area contributed by atoms with Crippen molar-refractivity contribution in [3.63, 3.8) is 0 Å². The molecular formula is C17H17N5O2. The number of hydrogen-bond acceptors (Lipinski definition) is 5. The molecule has 3 N–H and O–H groups in total. The van der Waals surface area contributed by atoms with Crippen LogP contribution in [0.15, 0.2) is 53.8 Å². The number of aliphatic imine (C=N–C) groups is 1. The van der Waals surface area contributed by atoms with Crippen LogP contribution in [0, 0.1) is 0 Å². The smallest absolute Gasteiger partial charge is 0.257 e. The second kappa shape index (κ2) is 6.49. The highest BCUT2D eigenvalue weighted by Crippen LogP contribution is 2.27. The van der Waals surface area contributed by atoms with Crippen LogP contribution in [0.5, 0.6) is 0 Å². The predicted molar refractivity (Wildman–Crippen MR) is 90.4 cm³/mol. The molecule has 0 aliphatic carbocycles. The van der Waals surface area contributed by atoms with Crippen LogP contribution in [0.3, 0.4) is 0 Å². The average molecular weight is 323 g/mol. The zero-order valence-electron chi connectivity index (χ0n) is 13.1. The number of guanidine groups is 1. The van der Waals surface area contributed by atoms with Crippen molar-refractivity contribution in [2.75, 3.05) is 12.4 Å². The van der Waals surface area contributed by atoms with Crippen molar-refractivity contribution < 1.29 is 9.59 Å². The molecule has 1 atom stereocenters. The molecule has 7 heteroatoms. The number of nitrogens with two attached hydrogens (primary N) is 1. The van der Waals surface area contributed by atoms with Gasteiger partial charge in [-0.05, 0) is 29.8 Å². The highest BCUT2D eigenvalue weighted by molar-refractivity contribution is 6.04. The standard InChI is InChI=1S/C17H17N5O2/c1-22-15(23)9-14(21-17(22)18)11-4-2-6-13(8-11)20-16(24)12-5-3-7-19-10-12/h2-8,10,14H,9H2,1H3,(H2,18,21)(H,20,24). The van der Waals surface area contributed by atoms with E-state index in [9.17, 15) is 9.59 Å². The topological polar surface area (TPSA) is 101 Å². The third-order valence-electron chi connectivity index (χ3n) is 3.83. The number of pyridine rings is 1. The first kappa shape index (κ1) is 15.7. The van der Waals surface area contributed by atoms with Gasteiger partial charge >= 0.3 is 0 Å². The summed E-state index contributed by atoms with van der Waals surface area (Å²) in [5, 5.41) is 2.81. The number of anilines is 1. The van der Waals surface area contributed by atoms with Gasteiger partial charge in [0.2, 0.25) is 5.91 Å². The minimum Gasteiger partial charge on any atom is -0.369 e. The predicted octanol–water partition coefficient (Wildman–Crippen LogP) is 1.55. The molecule has 1 aliphatic rings. The molecule has 0 saturated carbocycles. The number of aromatic nitrogens is 1. The molecule has 122 valence electrons. The van der Waals surface area contributed by atoms with Crippen molar-refractivity contribution in [1.82, 2.24) is 9.88 Å². The van der Waals surface area contributed by atoms with Crippen LogP contribution in [-0.2, 0) is 4.79 Å². The molecule has 0 saturated heterocycles. The average Bonchev–Trinajstić information content (AvgIpc) is 2.60. The summed E-state index contributed by atoms with van der Waals surface area (Å²) < 4.78 is 0. The Balaban J connectivity index is 1.80. The lowest BCUT2D eigenvalue weighted by Gasteiger charge is -2.25. The van der Waals surface area contributed by atoms with Gasteiger partial charge in [-0.25, -0.2) is 4.99 Å². The van der Waals surface area contributed by atoms with E-state index in [-0.39, 0.29) is 30.2 Å². The summed E-state index contributed by atoms with van der Waals surface area (Å²) in [5.41, 5.74) is 7.69. The maximum atomic E-state index is 12.2. The van der Waals surface area contributed by atoms with Gasteiger partial charge in [0, 0.05) is 25.1 Å². The van der Waals surface area contributed by atoms with Crippen LogP contribution < -0.4 is 11.1 Å². The SMILES string of the molecule is CN1C(=O)CC(c2cccc(NC(=O)c3cccnc3)c2)N=C1N. The Bertz CT molecular complexity index is 804. The van der Waals surface area contributed by atoms with E-state index >= 15 is 0 Å². The van der Waals surface area contributed by atoms with Gasteiger partial charge in [-0.2, -0.15) is 0 Å². The quantitative estimate of drug-likeness (QED) is 0.895. The van der Waals surface area contributed by atoms with Gasteiger partial charge in [0.1, 0.15) is 0 Å². The molecule has 1 aliphatic heterocycles. The van der Waals surface area contributed by atoms with Crippen LogP contribution in [-0.4, -0.2) is 34.7 Å². The van der Waals surface area contributed by atoms with Gasteiger partial charge in [0.15, 0.2) is 5.96 Å². The number of carbonyl (C=O) groups is 2. The first-order valence-electron chi connectivity index (χ1n) is 7.46. The van der Waals surface area contributed by atoms with Gasteiger partial charge in [-0.3, -0.25) is 19.5 Å². The Hall–Kier alpha value is -3.22. The summed E-state index contributed by atoms with van der Waals surface area (Å²) in [6.07, 6.45) is 3.36. The largest absolute Gasteiger partial charge is 0.369 e. The number of rotatable bonds is 3. The van der Waals surface area contributed by atoms with Crippen molar-refractivity contribution in [1.29, 1.82) is 0 Å². The van der Waals surface area contributed by atoms with Crippen molar-refractivity contribution >= 4 is 23.5 Å². The van der Waals surface area contributed by atoms with Crippen molar-refractivity contribution in [3.05, 3.63) is 59.9 Å². The Morgan fingerprint density at radius 2 is 2.17 bits per heavy atom.